The summed E-state index contributed by atoms with van der Waals surface area (Å²) in [4.78, 5) is 0. The lowest BCUT2D eigenvalue weighted by atomic mass is 9.54. The van der Waals surface area contributed by atoms with E-state index in [1.54, 1.807) is 0 Å². The molecule has 0 saturated heterocycles. The number of nitrogens with one attached hydrogen (secondary N) is 1. The van der Waals surface area contributed by atoms with Crippen molar-refractivity contribution in [1.29, 1.82) is 0 Å². The number of hydrogen-bond acceptors (Lipinski definition) is 2. The van der Waals surface area contributed by atoms with Crippen molar-refractivity contribution in [2.45, 2.75) is 64.5 Å². The maximum atomic E-state index is 10.0. The summed E-state index contributed by atoms with van der Waals surface area (Å²) in [5, 5.41) is 13.7. The predicted octanol–water partition coefficient (Wildman–Crippen LogP) is 2.81. The Morgan fingerprint density at radius 2 is 1.56 bits per heavy atom. The summed E-state index contributed by atoms with van der Waals surface area (Å²) in [5.41, 5.74) is 0. The monoisotopic (exact) mass is 251 g/mol. The van der Waals surface area contributed by atoms with Crippen LogP contribution in [0.4, 0.5) is 0 Å². The molecular formula is C16H29NO. The summed E-state index contributed by atoms with van der Waals surface area (Å²) < 4.78 is 0. The average molecular weight is 251 g/mol. The molecule has 1 unspecified atom stereocenters. The summed E-state index contributed by atoms with van der Waals surface area (Å²) in [5.74, 6) is 4.54. The summed E-state index contributed by atoms with van der Waals surface area (Å²) >= 11 is 0. The third kappa shape index (κ3) is 2.60. The fourth-order valence-corrected chi connectivity index (χ4v) is 5.16. The van der Waals surface area contributed by atoms with E-state index in [4.69, 9.17) is 0 Å². The van der Waals surface area contributed by atoms with Gasteiger partial charge in [-0.05, 0) is 68.1 Å². The minimum Gasteiger partial charge on any atom is -0.392 e. The van der Waals surface area contributed by atoms with E-state index in [0.717, 1.165) is 42.7 Å². The van der Waals surface area contributed by atoms with E-state index >= 15 is 0 Å². The molecule has 2 nitrogen and oxygen atoms in total. The van der Waals surface area contributed by atoms with Crippen molar-refractivity contribution < 1.29 is 5.11 Å². The van der Waals surface area contributed by atoms with Gasteiger partial charge in [0.25, 0.3) is 0 Å². The van der Waals surface area contributed by atoms with Crippen molar-refractivity contribution >= 4 is 0 Å². The van der Waals surface area contributed by atoms with Crippen LogP contribution in [0.5, 0.6) is 0 Å². The first kappa shape index (κ1) is 12.9. The second-order valence-electron chi connectivity index (χ2n) is 7.65. The Hall–Kier alpha value is -0.0800. The maximum absolute atomic E-state index is 10.0. The molecule has 2 N–H and O–H groups in total. The predicted molar refractivity (Wildman–Crippen MR) is 74.3 cm³/mol. The molecule has 0 spiro atoms. The van der Waals surface area contributed by atoms with E-state index in [2.05, 4.69) is 19.2 Å². The molecule has 2 heteroatoms. The highest BCUT2D eigenvalue weighted by Crippen LogP contribution is 2.53. The highest BCUT2D eigenvalue weighted by Gasteiger charge is 2.47. The van der Waals surface area contributed by atoms with E-state index in [1.807, 2.05) is 0 Å². The van der Waals surface area contributed by atoms with E-state index < -0.39 is 0 Å². The van der Waals surface area contributed by atoms with Crippen molar-refractivity contribution in [3.05, 3.63) is 0 Å². The Morgan fingerprint density at radius 1 is 1.00 bits per heavy atom. The van der Waals surface area contributed by atoms with Crippen molar-refractivity contribution in [3.63, 3.8) is 0 Å². The van der Waals surface area contributed by atoms with Crippen molar-refractivity contribution in [2.75, 3.05) is 6.54 Å². The molecule has 4 fully saturated rings. The summed E-state index contributed by atoms with van der Waals surface area (Å²) in [6.45, 7) is 5.18. The summed E-state index contributed by atoms with van der Waals surface area (Å²) in [6, 6.07) is 0.722. The molecule has 4 aliphatic rings. The first-order valence-corrected chi connectivity index (χ1v) is 8.03. The van der Waals surface area contributed by atoms with Crippen LogP contribution in [0.25, 0.3) is 0 Å². The van der Waals surface area contributed by atoms with Crippen LogP contribution in [0.2, 0.25) is 0 Å². The first-order valence-electron chi connectivity index (χ1n) is 8.03. The van der Waals surface area contributed by atoms with Gasteiger partial charge in [0, 0.05) is 12.6 Å². The highest BCUT2D eigenvalue weighted by atomic mass is 16.3. The van der Waals surface area contributed by atoms with Gasteiger partial charge in [-0.2, -0.15) is 0 Å². The highest BCUT2D eigenvalue weighted by molar-refractivity contribution is 5.01. The SMILES string of the molecule is CC(C)CC(O)CNC1C2CC3CC(C2)CC1C3. The Morgan fingerprint density at radius 3 is 2.06 bits per heavy atom. The van der Waals surface area contributed by atoms with Crippen LogP contribution in [0, 0.1) is 29.6 Å². The molecule has 0 aliphatic heterocycles. The van der Waals surface area contributed by atoms with E-state index in [9.17, 15) is 5.11 Å². The molecule has 1 atom stereocenters. The van der Waals surface area contributed by atoms with Crippen LogP contribution in [-0.4, -0.2) is 23.8 Å². The van der Waals surface area contributed by atoms with E-state index in [-0.39, 0.29) is 6.10 Å². The van der Waals surface area contributed by atoms with Gasteiger partial charge in [0.15, 0.2) is 0 Å². The van der Waals surface area contributed by atoms with Crippen molar-refractivity contribution in [3.8, 4) is 0 Å². The lowest BCUT2D eigenvalue weighted by molar-refractivity contribution is -0.0179. The number of aliphatic hydroxyl groups is 1. The topological polar surface area (TPSA) is 32.3 Å². The molecule has 0 aromatic heterocycles. The molecule has 18 heavy (non-hydrogen) atoms. The largest absolute Gasteiger partial charge is 0.392 e. The zero-order chi connectivity index (χ0) is 12.7. The molecule has 4 bridgehead atoms. The van der Waals surface area contributed by atoms with E-state index in [0.29, 0.717) is 5.92 Å². The number of aliphatic hydroxyl groups excluding tert-OH is 1. The third-order valence-corrected chi connectivity index (χ3v) is 5.56. The lowest BCUT2D eigenvalue weighted by Crippen LogP contribution is -2.55. The van der Waals surface area contributed by atoms with Gasteiger partial charge in [0.1, 0.15) is 0 Å². The molecular weight excluding hydrogens is 222 g/mol. The van der Waals surface area contributed by atoms with Gasteiger partial charge in [-0.15, -0.1) is 0 Å². The second kappa shape index (κ2) is 5.13. The van der Waals surface area contributed by atoms with Gasteiger partial charge < -0.3 is 10.4 Å². The van der Waals surface area contributed by atoms with Gasteiger partial charge in [0.05, 0.1) is 6.10 Å². The standard InChI is InChI=1S/C16H29NO/c1-10(2)3-15(18)9-17-16-13-5-11-4-12(7-13)8-14(16)6-11/h10-18H,3-9H2,1-2H3. The smallest absolute Gasteiger partial charge is 0.0667 e. The number of hydrogen-bond donors (Lipinski definition) is 2. The molecule has 4 aliphatic carbocycles. The molecule has 0 amide bonds. The average Bonchev–Trinajstić information content (AvgIpc) is 2.25. The summed E-state index contributed by atoms with van der Waals surface area (Å²) in [7, 11) is 0. The van der Waals surface area contributed by atoms with Crippen LogP contribution in [0.1, 0.15) is 52.4 Å². The van der Waals surface area contributed by atoms with Gasteiger partial charge in [0.2, 0.25) is 0 Å². The van der Waals surface area contributed by atoms with Crippen LogP contribution >= 0.6 is 0 Å². The van der Waals surface area contributed by atoms with Gasteiger partial charge in [-0.25, -0.2) is 0 Å². The van der Waals surface area contributed by atoms with Gasteiger partial charge >= 0.3 is 0 Å². The maximum Gasteiger partial charge on any atom is 0.0667 e. The Bertz CT molecular complexity index is 261. The van der Waals surface area contributed by atoms with Crippen LogP contribution in [0.3, 0.4) is 0 Å². The minimum absolute atomic E-state index is 0.151. The van der Waals surface area contributed by atoms with Gasteiger partial charge in [-0.3, -0.25) is 0 Å². The van der Waals surface area contributed by atoms with Crippen LogP contribution in [-0.2, 0) is 0 Å². The zero-order valence-corrected chi connectivity index (χ0v) is 11.9. The minimum atomic E-state index is -0.151. The fourth-order valence-electron chi connectivity index (χ4n) is 5.16. The molecule has 0 heterocycles. The Kier molecular flexibility index (Phi) is 3.68. The Labute approximate surface area is 112 Å². The van der Waals surface area contributed by atoms with Crippen LogP contribution in [0.15, 0.2) is 0 Å². The molecule has 104 valence electrons. The fraction of sp³-hybridized carbons (Fsp3) is 1.00. The molecule has 4 saturated carbocycles. The quantitative estimate of drug-likeness (QED) is 0.787. The van der Waals surface area contributed by atoms with Crippen molar-refractivity contribution in [1.82, 2.24) is 5.32 Å². The Balaban J connectivity index is 1.51. The first-order chi connectivity index (χ1) is 8.61. The third-order valence-electron chi connectivity index (χ3n) is 5.56. The molecule has 0 aromatic carbocycles. The lowest BCUT2D eigenvalue weighted by Gasteiger charge is -2.54. The second-order valence-corrected chi connectivity index (χ2v) is 7.65. The van der Waals surface area contributed by atoms with Gasteiger partial charge in [-0.1, -0.05) is 13.8 Å². The normalized spacial score (nSPS) is 43.7. The molecule has 0 aromatic rings. The van der Waals surface area contributed by atoms with Crippen molar-refractivity contribution in [2.24, 2.45) is 29.6 Å². The van der Waals surface area contributed by atoms with E-state index in [1.165, 1.54) is 32.1 Å². The summed E-state index contributed by atoms with van der Waals surface area (Å²) in [6.07, 6.45) is 8.16. The molecule has 4 rings (SSSR count). The zero-order valence-electron chi connectivity index (χ0n) is 11.9. The van der Waals surface area contributed by atoms with Crippen LogP contribution < -0.4 is 5.32 Å². The molecule has 0 radical (unpaired) electrons. The number of rotatable bonds is 5.